The topological polar surface area (TPSA) is 121 Å². The molecule has 0 spiro atoms. The van der Waals surface area contributed by atoms with Crippen LogP contribution < -0.4 is 30.3 Å². The highest BCUT2D eigenvalue weighted by Gasteiger charge is 2.29. The number of methoxy groups -OCH3 is 1. The number of benzene rings is 2. The molecule has 1 aliphatic heterocycles. The van der Waals surface area contributed by atoms with Gasteiger partial charge in [-0.05, 0) is 66.5 Å². The Bertz CT molecular complexity index is 1400. The van der Waals surface area contributed by atoms with Gasteiger partial charge >= 0.3 is 0 Å². The highest BCUT2D eigenvalue weighted by molar-refractivity contribution is 9.10. The Morgan fingerprint density at radius 2 is 1.97 bits per heavy atom. The molecule has 4 rings (SSSR count). The average Bonchev–Trinajstić information content (AvgIpc) is 3.31. The van der Waals surface area contributed by atoms with E-state index < -0.39 is 10.0 Å². The highest BCUT2D eigenvalue weighted by atomic mass is 79.9. The van der Waals surface area contributed by atoms with Crippen molar-refractivity contribution in [1.82, 2.24) is 15.3 Å². The van der Waals surface area contributed by atoms with Crippen LogP contribution in [0.15, 0.2) is 41.0 Å². The maximum atomic E-state index is 12.4. The Morgan fingerprint density at radius 1 is 1.19 bits per heavy atom. The van der Waals surface area contributed by atoms with Crippen LogP contribution >= 0.6 is 15.9 Å². The molecule has 198 valence electrons. The number of anilines is 6. The summed E-state index contributed by atoms with van der Waals surface area (Å²) in [6.45, 7) is 5.32. The lowest BCUT2D eigenvalue weighted by atomic mass is 10.1. The third kappa shape index (κ3) is 6.08. The summed E-state index contributed by atoms with van der Waals surface area (Å²) in [6.07, 6.45) is 3.52. The lowest BCUT2D eigenvalue weighted by Gasteiger charge is -2.21. The van der Waals surface area contributed by atoms with Crippen LogP contribution in [0.3, 0.4) is 0 Å². The summed E-state index contributed by atoms with van der Waals surface area (Å²) in [7, 11) is 0.150. The molecule has 1 atom stereocenters. The Kier molecular flexibility index (Phi) is 8.10. The van der Waals surface area contributed by atoms with Gasteiger partial charge in [-0.1, -0.05) is 12.1 Å². The Morgan fingerprint density at radius 3 is 2.68 bits per heavy atom. The van der Waals surface area contributed by atoms with Crippen molar-refractivity contribution in [2.24, 2.45) is 0 Å². The quantitative estimate of drug-likeness (QED) is 0.273. The van der Waals surface area contributed by atoms with E-state index in [9.17, 15) is 8.42 Å². The third-order valence-corrected chi connectivity index (χ3v) is 7.98. The van der Waals surface area contributed by atoms with Crippen molar-refractivity contribution >= 4 is 60.5 Å². The molecule has 10 nitrogen and oxygen atoms in total. The van der Waals surface area contributed by atoms with Gasteiger partial charge in [-0.2, -0.15) is 4.98 Å². The normalized spacial score (nSPS) is 13.7. The SMILES string of the molecule is CN[C@@H](C)CNc1cc(OC)c(Nc2ncc(Br)c(Nc3cccc4c3N(S(C)(=O)=O)CC4)n2)cc1C. The summed E-state index contributed by atoms with van der Waals surface area (Å²) in [5.41, 5.74) is 5.03. The van der Waals surface area contributed by atoms with Gasteiger partial charge in [0.25, 0.3) is 0 Å². The zero-order valence-corrected chi connectivity index (χ0v) is 23.9. The standard InChI is InChI=1S/C25H32BrN7O3S/c1-15-11-21(22(36-4)12-20(15)28-13-16(2)27-3)31-25-29-14-18(26)24(32-25)30-19-8-6-7-17-9-10-33(23(17)19)37(5,34)35/h6-8,11-12,14,16,27-28H,9-10,13H2,1-5H3,(H2,29,30,31,32)/t16-/m0/s1. The number of halogens is 1. The minimum atomic E-state index is -3.40. The number of fused-ring (bicyclic) bond motifs is 1. The van der Waals surface area contributed by atoms with E-state index in [0.29, 0.717) is 52.4 Å². The van der Waals surface area contributed by atoms with E-state index in [1.54, 1.807) is 13.3 Å². The molecule has 0 unspecified atom stereocenters. The zero-order valence-electron chi connectivity index (χ0n) is 21.5. The fourth-order valence-corrected chi connectivity index (χ4v) is 5.39. The molecule has 37 heavy (non-hydrogen) atoms. The van der Waals surface area contributed by atoms with Crippen LogP contribution in [0.2, 0.25) is 0 Å². The molecule has 1 aliphatic rings. The number of hydrogen-bond acceptors (Lipinski definition) is 9. The van der Waals surface area contributed by atoms with Gasteiger partial charge in [0.05, 0.1) is 34.9 Å². The molecule has 1 aromatic heterocycles. The van der Waals surface area contributed by atoms with E-state index in [1.165, 1.54) is 10.6 Å². The van der Waals surface area contributed by atoms with Crippen molar-refractivity contribution in [3.05, 3.63) is 52.1 Å². The molecular formula is C25H32BrN7O3S. The van der Waals surface area contributed by atoms with Gasteiger partial charge in [0.15, 0.2) is 0 Å². The van der Waals surface area contributed by atoms with Crippen molar-refractivity contribution < 1.29 is 13.2 Å². The van der Waals surface area contributed by atoms with Crippen molar-refractivity contribution in [3.8, 4) is 5.75 Å². The second kappa shape index (κ2) is 11.1. The summed E-state index contributed by atoms with van der Waals surface area (Å²) in [5, 5.41) is 13.2. The molecule has 0 radical (unpaired) electrons. The molecule has 0 fully saturated rings. The second-order valence-electron chi connectivity index (χ2n) is 8.98. The number of likely N-dealkylation sites (N-methyl/N-ethyl adjacent to an activating group) is 1. The summed E-state index contributed by atoms with van der Waals surface area (Å²) in [6, 6.07) is 9.95. The van der Waals surface area contributed by atoms with Gasteiger partial charge in [-0.3, -0.25) is 4.31 Å². The fourth-order valence-electron chi connectivity index (χ4n) is 4.13. The largest absolute Gasteiger partial charge is 0.494 e. The van der Waals surface area contributed by atoms with Crippen LogP contribution in [0, 0.1) is 6.92 Å². The van der Waals surface area contributed by atoms with Crippen LogP contribution in [0.4, 0.5) is 34.5 Å². The van der Waals surface area contributed by atoms with Gasteiger partial charge in [-0.25, -0.2) is 13.4 Å². The fraction of sp³-hybridized carbons (Fsp3) is 0.360. The lowest BCUT2D eigenvalue weighted by Crippen LogP contribution is -2.29. The van der Waals surface area contributed by atoms with Crippen molar-refractivity contribution in [1.29, 1.82) is 0 Å². The first-order chi connectivity index (χ1) is 17.6. The van der Waals surface area contributed by atoms with Crippen molar-refractivity contribution in [2.45, 2.75) is 26.3 Å². The van der Waals surface area contributed by atoms with E-state index in [1.807, 2.05) is 44.3 Å². The van der Waals surface area contributed by atoms with Crippen molar-refractivity contribution in [3.63, 3.8) is 0 Å². The monoisotopic (exact) mass is 589 g/mol. The molecule has 0 bridgehead atoms. The third-order valence-electron chi connectivity index (χ3n) is 6.24. The maximum Gasteiger partial charge on any atom is 0.232 e. The van der Waals surface area contributed by atoms with Crippen LogP contribution in [0.25, 0.3) is 0 Å². The first-order valence-corrected chi connectivity index (χ1v) is 14.5. The number of aromatic nitrogens is 2. The predicted molar refractivity (Wildman–Crippen MR) is 153 cm³/mol. The molecule has 3 aromatic rings. The van der Waals surface area contributed by atoms with E-state index in [-0.39, 0.29) is 0 Å². The van der Waals surface area contributed by atoms with Gasteiger partial charge in [-0.15, -0.1) is 0 Å². The van der Waals surface area contributed by atoms with Gasteiger partial charge < -0.3 is 26.0 Å². The van der Waals surface area contributed by atoms with Crippen molar-refractivity contribution in [2.75, 3.05) is 53.8 Å². The molecule has 4 N–H and O–H groups in total. The number of sulfonamides is 1. The summed E-state index contributed by atoms with van der Waals surface area (Å²) in [5.74, 6) is 1.51. The smallest absolute Gasteiger partial charge is 0.232 e. The van der Waals surface area contributed by atoms with E-state index >= 15 is 0 Å². The van der Waals surface area contributed by atoms with Crippen LogP contribution in [-0.2, 0) is 16.4 Å². The van der Waals surface area contributed by atoms with Crippen LogP contribution in [-0.4, -0.2) is 57.9 Å². The Hall–Kier alpha value is -3.09. The number of aryl methyl sites for hydroxylation is 1. The Balaban J connectivity index is 1.60. The first-order valence-electron chi connectivity index (χ1n) is 11.9. The Labute approximate surface area is 226 Å². The summed E-state index contributed by atoms with van der Waals surface area (Å²) in [4.78, 5) is 9.05. The predicted octanol–water partition coefficient (Wildman–Crippen LogP) is 4.39. The van der Waals surface area contributed by atoms with Crippen LogP contribution in [0.5, 0.6) is 5.75 Å². The maximum absolute atomic E-state index is 12.4. The number of ether oxygens (including phenoxy) is 1. The molecule has 12 heteroatoms. The average molecular weight is 591 g/mol. The molecule has 2 heterocycles. The van der Waals surface area contributed by atoms with Gasteiger partial charge in [0.2, 0.25) is 16.0 Å². The van der Waals surface area contributed by atoms with E-state index in [2.05, 4.69) is 54.1 Å². The first kappa shape index (κ1) is 27.0. The van der Waals surface area contributed by atoms with E-state index in [0.717, 1.165) is 29.0 Å². The number of hydrogen-bond donors (Lipinski definition) is 4. The summed E-state index contributed by atoms with van der Waals surface area (Å²) >= 11 is 3.51. The lowest BCUT2D eigenvalue weighted by molar-refractivity contribution is 0.417. The number of nitrogens with one attached hydrogen (secondary N) is 4. The molecule has 0 aliphatic carbocycles. The molecule has 2 aromatic carbocycles. The van der Waals surface area contributed by atoms with Crippen LogP contribution in [0.1, 0.15) is 18.1 Å². The molecular weight excluding hydrogens is 558 g/mol. The van der Waals surface area contributed by atoms with Gasteiger partial charge in [0, 0.05) is 37.1 Å². The highest BCUT2D eigenvalue weighted by Crippen LogP contribution is 2.39. The number of para-hydroxylation sites is 1. The molecule has 0 saturated heterocycles. The zero-order chi connectivity index (χ0) is 26.7. The van der Waals surface area contributed by atoms with Gasteiger partial charge in [0.1, 0.15) is 11.6 Å². The minimum Gasteiger partial charge on any atom is -0.494 e. The minimum absolute atomic E-state index is 0.320. The second-order valence-corrected chi connectivity index (χ2v) is 11.7. The number of rotatable bonds is 10. The number of nitrogens with zero attached hydrogens (tertiary/aromatic N) is 3. The molecule has 0 amide bonds. The van der Waals surface area contributed by atoms with E-state index in [4.69, 9.17) is 4.74 Å². The summed E-state index contributed by atoms with van der Waals surface area (Å²) < 4.78 is 32.4. The molecule has 0 saturated carbocycles.